The van der Waals surface area contributed by atoms with Crippen molar-refractivity contribution in [1.82, 2.24) is 40.5 Å². The number of aromatic amines is 1. The number of rotatable bonds is 15. The Hall–Kier alpha value is -7.11. The number of carbonyl (C=O) groups is 3. The Morgan fingerprint density at radius 2 is 1.78 bits per heavy atom. The highest BCUT2D eigenvalue weighted by molar-refractivity contribution is 7.99. The van der Waals surface area contributed by atoms with Crippen LogP contribution < -0.4 is 21.0 Å². The molecule has 0 spiro atoms. The summed E-state index contributed by atoms with van der Waals surface area (Å²) < 4.78 is 5.90. The van der Waals surface area contributed by atoms with Crippen LogP contribution in [0.5, 0.6) is 5.75 Å². The minimum atomic E-state index is -1.24. The van der Waals surface area contributed by atoms with Crippen molar-refractivity contribution in [3.63, 3.8) is 0 Å². The number of benzene rings is 3. The molecular weight excluding hydrogens is 858 g/mol. The molecule has 16 nitrogen and oxygen atoms in total. The van der Waals surface area contributed by atoms with Gasteiger partial charge >= 0.3 is 5.97 Å². The van der Waals surface area contributed by atoms with Crippen LogP contribution in [0.4, 0.5) is 5.82 Å². The Morgan fingerprint density at radius 1 is 0.953 bits per heavy atom. The van der Waals surface area contributed by atoms with Crippen LogP contribution in [0.2, 0.25) is 5.02 Å². The number of carboxylic acids is 1. The molecule has 1 fully saturated rings. The SMILES string of the molecule is CCc1[nH]c2nc(Sc3cnc4nccnc4c3)nc(N3CC(CNC(=O)CCCCCNC(=O)c4ccc(-c5c6ccc(=O)cc-6oc6cc(O)ccc56)c(C(=O)O)c4)C3)c2c1Cl. The summed E-state index contributed by atoms with van der Waals surface area (Å²) in [5, 5.41) is 28.7. The van der Waals surface area contributed by atoms with Gasteiger partial charge in [-0.1, -0.05) is 31.0 Å². The predicted octanol–water partition coefficient (Wildman–Crippen LogP) is 7.49. The van der Waals surface area contributed by atoms with Gasteiger partial charge in [-0.2, -0.15) is 0 Å². The van der Waals surface area contributed by atoms with Gasteiger partial charge in [0.15, 0.2) is 16.2 Å². The number of aryl methyl sites for hydroxylation is 1. The Morgan fingerprint density at radius 3 is 2.61 bits per heavy atom. The maximum Gasteiger partial charge on any atom is 0.336 e. The average Bonchev–Trinajstić information content (AvgIpc) is 3.60. The number of nitrogens with zero attached hydrogens (tertiary/aromatic N) is 6. The maximum absolute atomic E-state index is 13.2. The van der Waals surface area contributed by atoms with Gasteiger partial charge in [-0.15, -0.1) is 0 Å². The molecule has 3 aliphatic rings. The summed E-state index contributed by atoms with van der Waals surface area (Å²) in [5.74, 6) is -0.571. The number of fused-ring (bicyclic) bond motifs is 4. The second-order valence-corrected chi connectivity index (χ2v) is 16.9. The summed E-state index contributed by atoms with van der Waals surface area (Å²) in [6, 6.07) is 15.1. The number of carbonyl (C=O) groups excluding carboxylic acids is 2. The summed E-state index contributed by atoms with van der Waals surface area (Å²) in [4.78, 5) is 79.7. The van der Waals surface area contributed by atoms with E-state index < -0.39 is 11.9 Å². The van der Waals surface area contributed by atoms with Gasteiger partial charge < -0.3 is 35.1 Å². The van der Waals surface area contributed by atoms with E-state index in [1.165, 1.54) is 42.1 Å². The number of unbranched alkanes of at least 4 members (excludes halogenated alkanes) is 2. The molecule has 324 valence electrons. The molecule has 0 bridgehead atoms. The highest BCUT2D eigenvalue weighted by atomic mass is 35.5. The third-order valence-corrected chi connectivity index (χ3v) is 12.4. The normalized spacial score (nSPS) is 12.9. The van der Waals surface area contributed by atoms with Gasteiger partial charge in [-0.25, -0.2) is 24.7 Å². The third kappa shape index (κ3) is 8.63. The first-order chi connectivity index (χ1) is 31.0. The lowest BCUT2D eigenvalue weighted by molar-refractivity contribution is -0.121. The number of hydrogen-bond donors (Lipinski definition) is 5. The number of aromatic carboxylic acids is 1. The molecule has 2 aromatic carbocycles. The fourth-order valence-corrected chi connectivity index (χ4v) is 9.04. The fraction of sp³-hybridized carbons (Fsp3) is 0.239. The second-order valence-electron chi connectivity index (χ2n) is 15.5. The molecule has 6 heterocycles. The smallest absolute Gasteiger partial charge is 0.336 e. The zero-order chi connectivity index (χ0) is 44.5. The summed E-state index contributed by atoms with van der Waals surface area (Å²) in [7, 11) is 0. The van der Waals surface area contributed by atoms with Crippen LogP contribution in [-0.2, 0) is 11.2 Å². The third-order valence-electron chi connectivity index (χ3n) is 11.2. The lowest BCUT2D eigenvalue weighted by Crippen LogP contribution is -2.52. The monoisotopic (exact) mass is 897 g/mol. The molecule has 64 heavy (non-hydrogen) atoms. The molecule has 6 aromatic rings. The number of H-pyrrole nitrogens is 1. The van der Waals surface area contributed by atoms with Gasteiger partial charge in [0.2, 0.25) is 5.91 Å². The van der Waals surface area contributed by atoms with Crippen LogP contribution in [0.1, 0.15) is 59.0 Å². The number of pyridine rings is 1. The topological polar surface area (TPSA) is 229 Å². The van der Waals surface area contributed by atoms with E-state index in [0.29, 0.717) is 107 Å². The van der Waals surface area contributed by atoms with Crippen molar-refractivity contribution in [3.05, 3.63) is 111 Å². The molecule has 2 amide bonds. The predicted molar refractivity (Wildman–Crippen MR) is 242 cm³/mol. The van der Waals surface area contributed by atoms with Crippen LogP contribution in [0.15, 0.2) is 98.5 Å². The lowest BCUT2D eigenvalue weighted by Gasteiger charge is -2.40. The molecule has 1 aliphatic carbocycles. The molecule has 0 radical (unpaired) electrons. The van der Waals surface area contributed by atoms with E-state index in [4.69, 9.17) is 26.0 Å². The molecule has 0 saturated carbocycles. The zero-order valence-electron chi connectivity index (χ0n) is 34.4. The quantitative estimate of drug-likeness (QED) is 0.0382. The van der Waals surface area contributed by atoms with E-state index >= 15 is 0 Å². The zero-order valence-corrected chi connectivity index (χ0v) is 35.9. The molecule has 5 N–H and O–H groups in total. The number of aromatic hydroxyl groups is 1. The molecule has 0 atom stereocenters. The van der Waals surface area contributed by atoms with Gasteiger partial charge in [0.05, 0.1) is 16.0 Å². The molecule has 9 rings (SSSR count). The van der Waals surface area contributed by atoms with Crippen molar-refractivity contribution in [2.45, 2.75) is 49.1 Å². The number of halogens is 1. The van der Waals surface area contributed by atoms with Crippen LogP contribution in [0, 0.1) is 5.92 Å². The fourth-order valence-electron chi connectivity index (χ4n) is 7.93. The number of anilines is 1. The van der Waals surface area contributed by atoms with Crippen molar-refractivity contribution in [2.24, 2.45) is 5.92 Å². The van der Waals surface area contributed by atoms with Gasteiger partial charge in [0.25, 0.3) is 5.91 Å². The summed E-state index contributed by atoms with van der Waals surface area (Å²) in [5.41, 5.74) is 4.14. The van der Waals surface area contributed by atoms with Crippen LogP contribution in [0.25, 0.3) is 55.6 Å². The van der Waals surface area contributed by atoms with E-state index in [9.17, 15) is 29.4 Å². The highest BCUT2D eigenvalue weighted by Crippen LogP contribution is 2.43. The first kappa shape index (κ1) is 42.2. The average molecular weight is 898 g/mol. The minimum Gasteiger partial charge on any atom is -0.508 e. The molecule has 18 heteroatoms. The summed E-state index contributed by atoms with van der Waals surface area (Å²) in [6.45, 7) is 4.27. The van der Waals surface area contributed by atoms with Crippen molar-refractivity contribution in [1.29, 1.82) is 0 Å². The van der Waals surface area contributed by atoms with E-state index in [2.05, 4.69) is 35.5 Å². The van der Waals surface area contributed by atoms with Gasteiger partial charge in [0, 0.05) is 102 Å². The van der Waals surface area contributed by atoms with E-state index in [1.807, 2.05) is 13.0 Å². The van der Waals surface area contributed by atoms with E-state index in [-0.39, 0.29) is 45.5 Å². The van der Waals surface area contributed by atoms with Crippen molar-refractivity contribution in [3.8, 4) is 28.2 Å². The standard InChI is InChI=1S/C46H40ClN9O7S/c1-2-33-40(47)39-42(53-33)54-46(64-28-19-34-41(52-21-28)49-15-14-48-34)55-43(39)56-22-24(23-56)20-51-37(59)6-4-3-5-13-50-44(60)25-7-10-29(32(16-25)45(61)62)38-30-11-8-26(57)17-35(30)63-36-18-27(58)9-12-31(36)38/h7-12,14-19,21,24,57H,2-6,13,20,22-23H2,1H3,(H,50,60)(H,51,59)(H,61,62)(H,53,54,55). The van der Waals surface area contributed by atoms with Gasteiger partial charge in [-0.05, 0) is 79.1 Å². The maximum atomic E-state index is 13.2. The highest BCUT2D eigenvalue weighted by Gasteiger charge is 2.32. The number of carboxylic acid groups (broad SMARTS) is 1. The van der Waals surface area contributed by atoms with Gasteiger partial charge in [0.1, 0.15) is 34.1 Å². The molecular formula is C46H40ClN9O7S. The van der Waals surface area contributed by atoms with Crippen molar-refractivity contribution in [2.75, 3.05) is 31.1 Å². The molecule has 0 unspecified atom stereocenters. The second kappa shape index (κ2) is 17.9. The van der Waals surface area contributed by atoms with Crippen LogP contribution in [-0.4, -0.2) is 84.1 Å². The minimum absolute atomic E-state index is 0.0419. The number of aromatic nitrogens is 6. The summed E-state index contributed by atoms with van der Waals surface area (Å²) in [6.07, 6.45) is 7.98. The van der Waals surface area contributed by atoms with Crippen molar-refractivity contribution < 1.29 is 29.0 Å². The Balaban J connectivity index is 0.755. The Bertz CT molecular complexity index is 3150. The van der Waals surface area contributed by atoms with E-state index in [1.54, 1.807) is 42.9 Å². The Labute approximate surface area is 373 Å². The molecule has 1 saturated heterocycles. The first-order valence-corrected chi connectivity index (χ1v) is 21.9. The Kier molecular flexibility index (Phi) is 11.8. The van der Waals surface area contributed by atoms with E-state index in [0.717, 1.165) is 21.8 Å². The number of phenolic OH excluding ortho intramolecular Hbond substituents is 1. The molecule has 2 aliphatic heterocycles. The number of hydrogen-bond acceptors (Lipinski definition) is 13. The molecule has 4 aromatic heterocycles. The van der Waals surface area contributed by atoms with Gasteiger partial charge in [-0.3, -0.25) is 19.4 Å². The lowest BCUT2D eigenvalue weighted by atomic mass is 9.90. The summed E-state index contributed by atoms with van der Waals surface area (Å²) >= 11 is 8.20. The van der Waals surface area contributed by atoms with Crippen molar-refractivity contribution >= 4 is 80.1 Å². The first-order valence-electron chi connectivity index (χ1n) is 20.7. The number of amides is 2. The van der Waals surface area contributed by atoms with Crippen LogP contribution >= 0.6 is 23.4 Å². The van der Waals surface area contributed by atoms with Crippen LogP contribution in [0.3, 0.4) is 0 Å². The number of phenols is 1. The largest absolute Gasteiger partial charge is 0.508 e. The number of nitrogens with one attached hydrogen (secondary N) is 3.